The van der Waals surface area contributed by atoms with Crippen molar-refractivity contribution in [3.63, 3.8) is 0 Å². The lowest BCUT2D eigenvalue weighted by Crippen LogP contribution is -2.35. The predicted molar refractivity (Wildman–Crippen MR) is 160 cm³/mol. The zero-order valence-corrected chi connectivity index (χ0v) is 26.1. The van der Waals surface area contributed by atoms with Gasteiger partial charge in [-0.05, 0) is 48.3 Å². The normalized spacial score (nSPS) is 14.9. The molecule has 2 unspecified atom stereocenters. The highest BCUT2D eigenvalue weighted by Crippen LogP contribution is 2.50. The molecule has 0 radical (unpaired) electrons. The first-order chi connectivity index (χ1) is 22.6. The number of carboxylic acids is 2. The van der Waals surface area contributed by atoms with Gasteiger partial charge in [-0.25, -0.2) is 9.59 Å². The molecule has 0 amide bonds. The molecular formula is C31H34N2O15. The van der Waals surface area contributed by atoms with Gasteiger partial charge in [0.2, 0.25) is 0 Å². The number of carboxylic acid groups (broad SMARTS) is 2. The van der Waals surface area contributed by atoms with Gasteiger partial charge in [0, 0.05) is 10.8 Å². The number of carbonyl (C=O) groups excluding carboxylic acids is 4. The molecule has 17 heteroatoms. The Labute approximate surface area is 271 Å². The largest absolute Gasteiger partial charge is 0.481 e. The van der Waals surface area contributed by atoms with E-state index in [2.05, 4.69) is 23.5 Å². The van der Waals surface area contributed by atoms with E-state index in [1.807, 2.05) is 23.1 Å². The number of aliphatic hydroxyl groups is 2. The molecule has 0 saturated heterocycles. The molecule has 0 bridgehead atoms. The van der Waals surface area contributed by atoms with Crippen LogP contribution in [0.1, 0.15) is 56.2 Å². The van der Waals surface area contributed by atoms with Crippen molar-refractivity contribution in [2.45, 2.75) is 70.5 Å². The van der Waals surface area contributed by atoms with Crippen molar-refractivity contribution < 1.29 is 72.8 Å². The van der Waals surface area contributed by atoms with Crippen molar-refractivity contribution >= 4 is 57.6 Å². The molecule has 0 aliphatic heterocycles. The van der Waals surface area contributed by atoms with Gasteiger partial charge in [0.1, 0.15) is 18.7 Å². The minimum absolute atomic E-state index is 0.164. The summed E-state index contributed by atoms with van der Waals surface area (Å²) >= 11 is 0. The van der Waals surface area contributed by atoms with E-state index in [1.54, 1.807) is 6.92 Å². The van der Waals surface area contributed by atoms with Crippen LogP contribution in [0.3, 0.4) is 0 Å². The summed E-state index contributed by atoms with van der Waals surface area (Å²) in [4.78, 5) is 80.5. The van der Waals surface area contributed by atoms with Gasteiger partial charge in [0.05, 0.1) is 24.5 Å². The lowest BCUT2D eigenvalue weighted by molar-refractivity contribution is -0.166. The molecule has 1 aromatic heterocycles. The third-order valence-corrected chi connectivity index (χ3v) is 7.64. The van der Waals surface area contributed by atoms with Gasteiger partial charge in [-0.1, -0.05) is 26.0 Å². The van der Waals surface area contributed by atoms with E-state index < -0.39 is 74.0 Å². The maximum absolute atomic E-state index is 13.1. The minimum Gasteiger partial charge on any atom is -0.481 e. The van der Waals surface area contributed by atoms with Crippen molar-refractivity contribution in [3.05, 3.63) is 35.1 Å². The Balaban J connectivity index is 1.69. The molecule has 258 valence electrons. The van der Waals surface area contributed by atoms with E-state index in [-0.39, 0.29) is 22.3 Å². The van der Waals surface area contributed by atoms with E-state index in [1.165, 1.54) is 6.26 Å². The molecule has 2 atom stereocenters. The summed E-state index contributed by atoms with van der Waals surface area (Å²) in [5.74, 6) is -8.05. The highest BCUT2D eigenvalue weighted by Gasteiger charge is 2.33. The first-order valence-electron chi connectivity index (χ1n) is 14.7. The zero-order chi connectivity index (χ0) is 35.3. The van der Waals surface area contributed by atoms with E-state index in [0.29, 0.717) is 28.3 Å². The van der Waals surface area contributed by atoms with Crippen molar-refractivity contribution in [2.75, 3.05) is 13.1 Å². The molecule has 6 N–H and O–H groups in total. The van der Waals surface area contributed by atoms with Crippen molar-refractivity contribution in [1.29, 1.82) is 0 Å². The number of carbonyl (C=O) groups is 6. The summed E-state index contributed by atoms with van der Waals surface area (Å²) < 4.78 is 17.3. The molecule has 3 aromatic rings. The zero-order valence-electron chi connectivity index (χ0n) is 26.1. The molecule has 2 aromatic carbocycles. The quantitative estimate of drug-likeness (QED) is 0.0794. The minimum atomic E-state index is -1.99. The Hall–Kier alpha value is -5.10. The monoisotopic (exact) mass is 674 g/mol. The topological polar surface area (TPSA) is 257 Å². The number of aliphatic carboxylic acids is 2. The van der Waals surface area contributed by atoms with Crippen molar-refractivity contribution in [1.82, 2.24) is 11.0 Å². The highest BCUT2D eigenvalue weighted by molar-refractivity contribution is 6.15. The summed E-state index contributed by atoms with van der Waals surface area (Å²) in [6.07, 6.45) is -2.17. The number of benzene rings is 2. The van der Waals surface area contributed by atoms with Gasteiger partial charge in [-0.2, -0.15) is 0 Å². The maximum atomic E-state index is 13.1. The lowest BCUT2D eigenvalue weighted by atomic mass is 9.71. The van der Waals surface area contributed by atoms with E-state index in [4.69, 9.17) is 24.1 Å². The summed E-state index contributed by atoms with van der Waals surface area (Å²) in [5, 5.41) is 37.9. The van der Waals surface area contributed by atoms with Gasteiger partial charge < -0.3 is 44.0 Å². The number of hydrogen-bond acceptors (Lipinski definition) is 15. The molecule has 17 nitrogen and oxygen atoms in total. The van der Waals surface area contributed by atoms with E-state index in [9.17, 15) is 39.0 Å². The Bertz CT molecular complexity index is 1780. The fraction of sp³-hybridized carbons (Fsp3) is 0.419. The molecule has 1 aliphatic carbocycles. The van der Waals surface area contributed by atoms with Gasteiger partial charge in [-0.15, -0.1) is 11.0 Å². The number of esters is 2. The van der Waals surface area contributed by atoms with Crippen LogP contribution < -0.4 is 20.4 Å². The van der Waals surface area contributed by atoms with Crippen LogP contribution in [0.15, 0.2) is 22.8 Å². The van der Waals surface area contributed by atoms with Gasteiger partial charge in [0.25, 0.3) is 0 Å². The van der Waals surface area contributed by atoms with Crippen LogP contribution in [-0.4, -0.2) is 81.5 Å². The number of rotatable bonds is 14. The molecular weight excluding hydrogens is 640 g/mol. The summed E-state index contributed by atoms with van der Waals surface area (Å²) in [6, 6.07) is 3.77. The fourth-order valence-electron chi connectivity index (χ4n) is 5.44. The number of fused-ring (bicyclic) bond motifs is 5. The van der Waals surface area contributed by atoms with Crippen LogP contribution in [0.25, 0.3) is 21.7 Å². The van der Waals surface area contributed by atoms with Crippen molar-refractivity contribution in [3.8, 4) is 11.5 Å². The number of ether oxygens (including phenoxy) is 2. The summed E-state index contributed by atoms with van der Waals surface area (Å²) in [6.45, 7) is 4.26. The van der Waals surface area contributed by atoms with Crippen LogP contribution in [0.4, 0.5) is 0 Å². The molecule has 4 rings (SSSR count). The summed E-state index contributed by atoms with van der Waals surface area (Å²) in [5.41, 5.74) is 6.38. The third kappa shape index (κ3) is 8.06. The number of nitrogens with one attached hydrogen (secondary N) is 2. The van der Waals surface area contributed by atoms with Crippen LogP contribution in [0.2, 0.25) is 0 Å². The Morgan fingerprint density at radius 2 is 1.38 bits per heavy atom. The molecule has 48 heavy (non-hydrogen) atoms. The van der Waals surface area contributed by atoms with Gasteiger partial charge in [-0.3, -0.25) is 19.2 Å². The van der Waals surface area contributed by atoms with Crippen LogP contribution in [-0.2, 0) is 50.3 Å². The van der Waals surface area contributed by atoms with Crippen LogP contribution in [0, 0.1) is 6.92 Å². The maximum Gasteiger partial charge on any atom is 0.354 e. The first kappa shape index (κ1) is 35.7. The van der Waals surface area contributed by atoms with Crippen LogP contribution >= 0.6 is 0 Å². The fourth-order valence-corrected chi connectivity index (χ4v) is 5.44. The molecule has 0 fully saturated rings. The summed E-state index contributed by atoms with van der Waals surface area (Å²) in [7, 11) is 0. The van der Waals surface area contributed by atoms with Crippen LogP contribution in [0.5, 0.6) is 11.5 Å². The number of hydrogen-bond donors (Lipinski definition) is 6. The highest BCUT2D eigenvalue weighted by atomic mass is 16.7. The Kier molecular flexibility index (Phi) is 11.0. The average Bonchev–Trinajstić information content (AvgIpc) is 3.38. The number of aliphatic hydroxyl groups excluding tert-OH is 2. The second kappa shape index (κ2) is 14.8. The molecule has 1 heterocycles. The van der Waals surface area contributed by atoms with E-state index >= 15 is 0 Å². The Morgan fingerprint density at radius 1 is 0.854 bits per heavy atom. The Morgan fingerprint density at radius 3 is 1.90 bits per heavy atom. The molecule has 0 spiro atoms. The van der Waals surface area contributed by atoms with E-state index in [0.717, 1.165) is 24.0 Å². The number of hydroxylamine groups is 2. The standard InChI is InChI=1S/C31H34N2O15/c1-14-13-44-26-16-6-7-17-15(5-4-8-31(17,2)3)25(16)28(46-23(41)12-33-48-30(43)19(35)10-21(38)39)27(24(14)26)45-22(40)11-32-47-29(42)18(34)9-20(36)37/h6-7,13,18-19,32-35H,4-5,8-12H2,1-3H3,(H,36,37)(H,38,39). The second-order valence-electron chi connectivity index (χ2n) is 11.7. The van der Waals surface area contributed by atoms with Crippen molar-refractivity contribution in [2.24, 2.45) is 0 Å². The second-order valence-corrected chi connectivity index (χ2v) is 11.7. The predicted octanol–water partition coefficient (Wildman–Crippen LogP) is 1.09. The SMILES string of the molecule is Cc1coc2c1c(OC(=O)CNOC(=O)C(O)CC(=O)O)c(OC(=O)CNOC(=O)C(O)CC(=O)O)c1c3c(ccc12)C(C)(C)CCC3. The van der Waals surface area contributed by atoms with Gasteiger partial charge >= 0.3 is 35.8 Å². The third-order valence-electron chi connectivity index (χ3n) is 7.64. The number of aryl methyl sites for hydroxylation is 2. The lowest BCUT2D eigenvalue weighted by Gasteiger charge is -2.33. The number of furan rings is 1. The first-order valence-corrected chi connectivity index (χ1v) is 14.7. The average molecular weight is 675 g/mol. The molecule has 1 aliphatic rings. The molecule has 0 saturated carbocycles. The smallest absolute Gasteiger partial charge is 0.354 e. The van der Waals surface area contributed by atoms with Gasteiger partial charge in [0.15, 0.2) is 23.7 Å².